The molecule has 3 aromatic rings. The van der Waals surface area contributed by atoms with Crippen molar-refractivity contribution in [1.29, 1.82) is 0 Å². The predicted molar refractivity (Wildman–Crippen MR) is 92.2 cm³/mol. The molecule has 1 N–H and O–H groups in total. The van der Waals surface area contributed by atoms with Crippen molar-refractivity contribution in [2.24, 2.45) is 0 Å². The van der Waals surface area contributed by atoms with Gasteiger partial charge in [0.25, 0.3) is 5.91 Å². The van der Waals surface area contributed by atoms with Crippen LogP contribution in [-0.4, -0.2) is 31.5 Å². The molecule has 0 aliphatic heterocycles. The number of halogens is 1. The van der Waals surface area contributed by atoms with Gasteiger partial charge in [0.2, 0.25) is 0 Å². The first kappa shape index (κ1) is 16.9. The number of aryl methyl sites for hydroxylation is 1. The molecule has 2 heterocycles. The van der Waals surface area contributed by atoms with Crippen LogP contribution in [0, 0.1) is 19.7 Å². The Balaban J connectivity index is 1.79. The van der Waals surface area contributed by atoms with Crippen LogP contribution in [0.3, 0.4) is 0 Å². The third kappa shape index (κ3) is 3.60. The van der Waals surface area contributed by atoms with Crippen LogP contribution in [0.15, 0.2) is 42.7 Å². The zero-order chi connectivity index (χ0) is 18.0. The fraction of sp³-hybridized carbons (Fsp3) is 0.278. The Bertz CT molecular complexity index is 868. The van der Waals surface area contributed by atoms with Crippen molar-refractivity contribution in [1.82, 2.24) is 24.9 Å². The topological polar surface area (TPSA) is 64.7 Å². The minimum atomic E-state index is -0.310. The second-order valence-electron chi connectivity index (χ2n) is 6.04. The van der Waals surface area contributed by atoms with Gasteiger partial charge in [-0.25, -0.2) is 9.07 Å². The van der Waals surface area contributed by atoms with Gasteiger partial charge in [0, 0.05) is 18.4 Å². The molecule has 0 saturated heterocycles. The summed E-state index contributed by atoms with van der Waals surface area (Å²) in [7, 11) is 0. The van der Waals surface area contributed by atoms with Crippen LogP contribution in [0.4, 0.5) is 4.39 Å². The number of carbonyl (C=O) groups is 1. The maximum absolute atomic E-state index is 13.1. The average Bonchev–Trinajstić information content (AvgIpc) is 3.16. The van der Waals surface area contributed by atoms with E-state index in [-0.39, 0.29) is 17.8 Å². The molecule has 0 saturated carbocycles. The number of hydrogen-bond donors (Lipinski definition) is 1. The molecular weight excluding hydrogens is 321 g/mol. The van der Waals surface area contributed by atoms with Crippen LogP contribution in [0.25, 0.3) is 5.69 Å². The highest BCUT2D eigenvalue weighted by Gasteiger charge is 2.20. The number of amides is 1. The smallest absolute Gasteiger partial charge is 0.255 e. The monoisotopic (exact) mass is 341 g/mol. The lowest BCUT2D eigenvalue weighted by Gasteiger charge is -2.14. The van der Waals surface area contributed by atoms with Crippen LogP contribution in [-0.2, 0) is 6.54 Å². The molecule has 25 heavy (non-hydrogen) atoms. The minimum absolute atomic E-state index is 0.0830. The van der Waals surface area contributed by atoms with Crippen LogP contribution in [0.1, 0.15) is 28.7 Å². The van der Waals surface area contributed by atoms with E-state index >= 15 is 0 Å². The van der Waals surface area contributed by atoms with Crippen LogP contribution < -0.4 is 5.32 Å². The zero-order valence-electron chi connectivity index (χ0n) is 14.4. The van der Waals surface area contributed by atoms with E-state index in [0.717, 1.165) is 0 Å². The zero-order valence-corrected chi connectivity index (χ0v) is 14.4. The molecule has 3 rings (SSSR count). The number of rotatable bonds is 5. The van der Waals surface area contributed by atoms with Gasteiger partial charge in [-0.2, -0.15) is 10.2 Å². The van der Waals surface area contributed by atoms with Gasteiger partial charge in [0.05, 0.1) is 29.2 Å². The SMILES string of the molecule is Cc1nn(-c2ccc(F)cc2)c(C)c1C(=O)N[C@H](C)Cn1cccn1. The number of nitrogens with one attached hydrogen (secondary N) is 1. The van der Waals surface area contributed by atoms with E-state index in [1.54, 1.807) is 34.6 Å². The Morgan fingerprint density at radius 3 is 2.64 bits per heavy atom. The Kier molecular flexibility index (Phi) is 4.65. The third-order valence-corrected chi connectivity index (χ3v) is 3.99. The summed E-state index contributed by atoms with van der Waals surface area (Å²) in [6.07, 6.45) is 3.56. The van der Waals surface area contributed by atoms with Crippen LogP contribution in [0.5, 0.6) is 0 Å². The van der Waals surface area contributed by atoms with E-state index < -0.39 is 0 Å². The van der Waals surface area contributed by atoms with E-state index in [1.807, 2.05) is 26.1 Å². The maximum Gasteiger partial charge on any atom is 0.255 e. The summed E-state index contributed by atoms with van der Waals surface area (Å²) in [6.45, 7) is 6.13. The quantitative estimate of drug-likeness (QED) is 0.776. The minimum Gasteiger partial charge on any atom is -0.348 e. The Labute approximate surface area is 145 Å². The van der Waals surface area contributed by atoms with E-state index in [9.17, 15) is 9.18 Å². The van der Waals surface area contributed by atoms with Gasteiger partial charge in [-0.1, -0.05) is 0 Å². The molecular formula is C18H20FN5O. The van der Waals surface area contributed by atoms with Crippen LogP contribution >= 0.6 is 0 Å². The molecule has 0 spiro atoms. The summed E-state index contributed by atoms with van der Waals surface area (Å²) in [6, 6.07) is 7.78. The summed E-state index contributed by atoms with van der Waals surface area (Å²) in [4.78, 5) is 12.7. The molecule has 0 bridgehead atoms. The molecule has 0 radical (unpaired) electrons. The van der Waals surface area contributed by atoms with Crippen molar-refractivity contribution >= 4 is 5.91 Å². The van der Waals surface area contributed by atoms with Crippen molar-refractivity contribution in [3.05, 3.63) is 65.5 Å². The molecule has 1 amide bonds. The van der Waals surface area contributed by atoms with E-state index in [2.05, 4.69) is 15.5 Å². The van der Waals surface area contributed by atoms with Crippen molar-refractivity contribution < 1.29 is 9.18 Å². The molecule has 6 nitrogen and oxygen atoms in total. The summed E-state index contributed by atoms with van der Waals surface area (Å²) < 4.78 is 16.5. The number of nitrogens with zero attached hydrogens (tertiary/aromatic N) is 4. The normalized spacial score (nSPS) is 12.2. The summed E-state index contributed by atoms with van der Waals surface area (Å²) in [5, 5.41) is 11.5. The van der Waals surface area contributed by atoms with Crippen LogP contribution in [0.2, 0.25) is 0 Å². The Morgan fingerprint density at radius 2 is 2.00 bits per heavy atom. The summed E-state index contributed by atoms with van der Waals surface area (Å²) >= 11 is 0. The van der Waals surface area contributed by atoms with Gasteiger partial charge in [-0.05, 0) is 51.1 Å². The number of hydrogen-bond acceptors (Lipinski definition) is 3. The largest absolute Gasteiger partial charge is 0.348 e. The second-order valence-corrected chi connectivity index (χ2v) is 6.04. The molecule has 1 aromatic carbocycles. The first-order valence-corrected chi connectivity index (χ1v) is 8.06. The van der Waals surface area contributed by atoms with Gasteiger partial charge in [-0.3, -0.25) is 9.48 Å². The van der Waals surface area contributed by atoms with Crippen molar-refractivity contribution in [2.75, 3.05) is 0 Å². The van der Waals surface area contributed by atoms with Gasteiger partial charge in [0.1, 0.15) is 5.82 Å². The molecule has 0 aliphatic rings. The Morgan fingerprint density at radius 1 is 1.28 bits per heavy atom. The molecule has 130 valence electrons. The highest BCUT2D eigenvalue weighted by Crippen LogP contribution is 2.18. The lowest BCUT2D eigenvalue weighted by atomic mass is 10.1. The first-order valence-electron chi connectivity index (χ1n) is 8.06. The fourth-order valence-electron chi connectivity index (χ4n) is 2.84. The molecule has 0 aliphatic carbocycles. The van der Waals surface area contributed by atoms with Gasteiger partial charge < -0.3 is 5.32 Å². The third-order valence-electron chi connectivity index (χ3n) is 3.99. The molecule has 0 fully saturated rings. The predicted octanol–water partition coefficient (Wildman–Crippen LogP) is 2.64. The average molecular weight is 341 g/mol. The van der Waals surface area contributed by atoms with Gasteiger partial charge in [-0.15, -0.1) is 0 Å². The number of carbonyl (C=O) groups excluding carboxylic acids is 1. The first-order chi connectivity index (χ1) is 12.0. The molecule has 1 atom stereocenters. The highest BCUT2D eigenvalue weighted by molar-refractivity contribution is 5.96. The maximum atomic E-state index is 13.1. The molecule has 7 heteroatoms. The summed E-state index contributed by atoms with van der Waals surface area (Å²) in [5.74, 6) is -0.487. The molecule has 2 aromatic heterocycles. The Hall–Kier alpha value is -2.96. The number of benzene rings is 1. The second kappa shape index (κ2) is 6.88. The van der Waals surface area contributed by atoms with E-state index in [4.69, 9.17) is 0 Å². The standard InChI is InChI=1S/C18H20FN5O/c1-12(11-23-10-4-9-20-23)21-18(25)17-13(2)22-24(14(17)3)16-7-5-15(19)6-8-16/h4-10,12H,11H2,1-3H3,(H,21,25)/t12-/m1/s1. The highest BCUT2D eigenvalue weighted by atomic mass is 19.1. The number of aromatic nitrogens is 4. The van der Waals surface area contributed by atoms with Crippen molar-refractivity contribution in [3.63, 3.8) is 0 Å². The summed E-state index contributed by atoms with van der Waals surface area (Å²) in [5.41, 5.74) is 2.60. The lowest BCUT2D eigenvalue weighted by Crippen LogP contribution is -2.36. The fourth-order valence-corrected chi connectivity index (χ4v) is 2.84. The van der Waals surface area contributed by atoms with Gasteiger partial charge in [0.15, 0.2) is 0 Å². The van der Waals surface area contributed by atoms with E-state index in [0.29, 0.717) is 29.2 Å². The van der Waals surface area contributed by atoms with Crippen molar-refractivity contribution in [3.8, 4) is 5.69 Å². The lowest BCUT2D eigenvalue weighted by molar-refractivity contribution is 0.0934. The van der Waals surface area contributed by atoms with E-state index in [1.165, 1.54) is 12.1 Å². The van der Waals surface area contributed by atoms with Crippen molar-refractivity contribution in [2.45, 2.75) is 33.4 Å². The van der Waals surface area contributed by atoms with Gasteiger partial charge >= 0.3 is 0 Å². The molecule has 0 unspecified atom stereocenters.